The number of benzene rings is 2. The Bertz CT molecular complexity index is 780. The second-order valence-electron chi connectivity index (χ2n) is 5.42. The van der Waals surface area contributed by atoms with E-state index in [1.165, 1.54) is 0 Å². The Labute approximate surface area is 142 Å². The van der Waals surface area contributed by atoms with Crippen LogP contribution in [-0.4, -0.2) is 32.3 Å². The standard InChI is InChI=1S/C17H16F3N3O2/c18-11-5-6-13(16(20)15(11)19)22-17(24)21-12-3-1-2-4-14(12)23-7-9-25-10-8-23/h1-6H,7-10H2,(H2,21,22,24). The SMILES string of the molecule is O=C(Nc1ccccc1N1CCOCC1)Nc1ccc(F)c(F)c1F. The van der Waals surface area contributed by atoms with Crippen molar-refractivity contribution in [1.82, 2.24) is 0 Å². The molecule has 2 aromatic carbocycles. The van der Waals surface area contributed by atoms with Crippen LogP contribution in [0.5, 0.6) is 0 Å². The number of hydrogen-bond donors (Lipinski definition) is 2. The van der Waals surface area contributed by atoms with Gasteiger partial charge >= 0.3 is 6.03 Å². The second kappa shape index (κ2) is 7.43. The van der Waals surface area contributed by atoms with Crippen LogP contribution in [0, 0.1) is 17.5 Å². The number of para-hydroxylation sites is 2. The van der Waals surface area contributed by atoms with E-state index in [-0.39, 0.29) is 0 Å². The zero-order valence-electron chi connectivity index (χ0n) is 13.2. The van der Waals surface area contributed by atoms with Crippen LogP contribution in [0.4, 0.5) is 35.0 Å². The van der Waals surface area contributed by atoms with Crippen molar-refractivity contribution >= 4 is 23.1 Å². The van der Waals surface area contributed by atoms with Crippen molar-refractivity contribution in [2.75, 3.05) is 41.8 Å². The van der Waals surface area contributed by atoms with Gasteiger partial charge in [-0.15, -0.1) is 0 Å². The van der Waals surface area contributed by atoms with E-state index in [2.05, 4.69) is 15.5 Å². The summed E-state index contributed by atoms with van der Waals surface area (Å²) in [6, 6.07) is 8.08. The van der Waals surface area contributed by atoms with Crippen LogP contribution < -0.4 is 15.5 Å². The summed E-state index contributed by atoms with van der Waals surface area (Å²) in [6.45, 7) is 2.53. The minimum Gasteiger partial charge on any atom is -0.378 e. The van der Waals surface area contributed by atoms with Gasteiger partial charge in [-0.1, -0.05) is 12.1 Å². The minimum absolute atomic E-state index is 0.444. The summed E-state index contributed by atoms with van der Waals surface area (Å²) < 4.78 is 45.1. The van der Waals surface area contributed by atoms with Gasteiger partial charge < -0.3 is 20.3 Å². The molecule has 1 fully saturated rings. The van der Waals surface area contributed by atoms with Crippen molar-refractivity contribution in [3.63, 3.8) is 0 Å². The topological polar surface area (TPSA) is 53.6 Å². The highest BCUT2D eigenvalue weighted by molar-refractivity contribution is 6.01. The van der Waals surface area contributed by atoms with Crippen LogP contribution in [0.1, 0.15) is 0 Å². The average molecular weight is 351 g/mol. The first-order chi connectivity index (χ1) is 12.1. The highest BCUT2D eigenvalue weighted by Gasteiger charge is 2.18. The molecule has 2 N–H and O–H groups in total. The third-order valence-corrected chi connectivity index (χ3v) is 3.79. The molecule has 25 heavy (non-hydrogen) atoms. The van der Waals surface area contributed by atoms with Crippen LogP contribution in [0.3, 0.4) is 0 Å². The molecular formula is C17H16F3N3O2. The maximum atomic E-state index is 13.7. The van der Waals surface area contributed by atoms with Crippen LogP contribution >= 0.6 is 0 Å². The van der Waals surface area contributed by atoms with E-state index in [0.717, 1.165) is 17.8 Å². The number of anilines is 3. The predicted molar refractivity (Wildman–Crippen MR) is 88.4 cm³/mol. The molecule has 0 aromatic heterocycles. The molecule has 0 spiro atoms. The lowest BCUT2D eigenvalue weighted by molar-refractivity contribution is 0.123. The van der Waals surface area contributed by atoms with Gasteiger partial charge in [0.05, 0.1) is 30.3 Å². The average Bonchev–Trinajstić information content (AvgIpc) is 2.63. The van der Waals surface area contributed by atoms with Crippen molar-refractivity contribution in [3.8, 4) is 0 Å². The summed E-state index contributed by atoms with van der Waals surface area (Å²) in [5, 5.41) is 4.78. The van der Waals surface area contributed by atoms with E-state index in [0.29, 0.717) is 32.0 Å². The van der Waals surface area contributed by atoms with Gasteiger partial charge in [0.25, 0.3) is 0 Å². The van der Waals surface area contributed by atoms with Crippen LogP contribution in [0.2, 0.25) is 0 Å². The molecule has 132 valence electrons. The first-order valence-corrected chi connectivity index (χ1v) is 7.69. The summed E-state index contributed by atoms with van der Waals surface area (Å²) in [5.41, 5.74) is 0.872. The number of hydrogen-bond acceptors (Lipinski definition) is 3. The van der Waals surface area contributed by atoms with E-state index >= 15 is 0 Å². The van der Waals surface area contributed by atoms with Crippen molar-refractivity contribution in [2.24, 2.45) is 0 Å². The molecule has 1 heterocycles. The molecule has 3 rings (SSSR count). The fourth-order valence-electron chi connectivity index (χ4n) is 2.56. The van der Waals surface area contributed by atoms with Crippen LogP contribution in [0.15, 0.2) is 36.4 Å². The smallest absolute Gasteiger partial charge is 0.323 e. The molecule has 8 heteroatoms. The molecular weight excluding hydrogens is 335 g/mol. The Balaban J connectivity index is 1.74. The van der Waals surface area contributed by atoms with E-state index in [1.54, 1.807) is 12.1 Å². The maximum Gasteiger partial charge on any atom is 0.323 e. The third kappa shape index (κ3) is 3.85. The third-order valence-electron chi connectivity index (χ3n) is 3.79. The summed E-state index contributed by atoms with van der Waals surface area (Å²) >= 11 is 0. The number of nitrogens with one attached hydrogen (secondary N) is 2. The molecule has 1 aliphatic rings. The summed E-state index contributed by atoms with van der Waals surface area (Å²) in [4.78, 5) is 14.2. The number of nitrogens with zero attached hydrogens (tertiary/aromatic N) is 1. The molecule has 0 aliphatic carbocycles. The normalized spacial score (nSPS) is 14.3. The molecule has 0 radical (unpaired) electrons. The van der Waals surface area contributed by atoms with Gasteiger partial charge in [0.15, 0.2) is 17.5 Å². The number of morpholine rings is 1. The lowest BCUT2D eigenvalue weighted by atomic mass is 10.2. The lowest BCUT2D eigenvalue weighted by Gasteiger charge is -2.30. The molecule has 1 saturated heterocycles. The van der Waals surface area contributed by atoms with Crippen LogP contribution in [-0.2, 0) is 4.74 Å². The van der Waals surface area contributed by atoms with E-state index in [4.69, 9.17) is 4.74 Å². The lowest BCUT2D eigenvalue weighted by Crippen LogP contribution is -2.37. The number of carbonyl (C=O) groups is 1. The maximum absolute atomic E-state index is 13.7. The summed E-state index contributed by atoms with van der Waals surface area (Å²) in [7, 11) is 0. The Morgan fingerprint density at radius 3 is 2.36 bits per heavy atom. The van der Waals surface area contributed by atoms with Gasteiger partial charge in [-0.25, -0.2) is 18.0 Å². The Hall–Kier alpha value is -2.74. The molecule has 1 aliphatic heterocycles. The summed E-state index contributed by atoms with van der Waals surface area (Å²) in [5.74, 6) is -4.40. The zero-order valence-corrected chi connectivity index (χ0v) is 13.2. The van der Waals surface area contributed by atoms with Crippen LogP contribution in [0.25, 0.3) is 0 Å². The number of rotatable bonds is 3. The van der Waals surface area contributed by atoms with Crippen molar-refractivity contribution in [3.05, 3.63) is 53.8 Å². The van der Waals surface area contributed by atoms with E-state index < -0.39 is 29.2 Å². The second-order valence-corrected chi connectivity index (χ2v) is 5.42. The first-order valence-electron chi connectivity index (χ1n) is 7.69. The molecule has 0 atom stereocenters. The van der Waals surface area contributed by atoms with Gasteiger partial charge in [0.1, 0.15) is 0 Å². The highest BCUT2D eigenvalue weighted by atomic mass is 19.2. The van der Waals surface area contributed by atoms with Gasteiger partial charge in [-0.2, -0.15) is 0 Å². The Kier molecular flexibility index (Phi) is 5.08. The van der Waals surface area contributed by atoms with E-state index in [1.807, 2.05) is 12.1 Å². The number of halogens is 3. The molecule has 5 nitrogen and oxygen atoms in total. The minimum atomic E-state index is -1.63. The zero-order chi connectivity index (χ0) is 17.8. The van der Waals surface area contributed by atoms with Crippen molar-refractivity contribution in [1.29, 1.82) is 0 Å². The monoisotopic (exact) mass is 351 g/mol. The van der Waals surface area contributed by atoms with Gasteiger partial charge in [0, 0.05) is 13.1 Å². The molecule has 2 amide bonds. The van der Waals surface area contributed by atoms with E-state index in [9.17, 15) is 18.0 Å². The quantitative estimate of drug-likeness (QED) is 0.831. The van der Waals surface area contributed by atoms with Gasteiger partial charge in [-0.05, 0) is 24.3 Å². The first kappa shape index (κ1) is 17.1. The number of ether oxygens (including phenoxy) is 1. The summed E-state index contributed by atoms with van der Waals surface area (Å²) in [6.07, 6.45) is 0. The highest BCUT2D eigenvalue weighted by Crippen LogP contribution is 2.27. The Morgan fingerprint density at radius 1 is 0.920 bits per heavy atom. The number of carbonyl (C=O) groups excluding carboxylic acids is 1. The fraction of sp³-hybridized carbons (Fsp3) is 0.235. The van der Waals surface area contributed by atoms with Gasteiger partial charge in [-0.3, -0.25) is 0 Å². The number of urea groups is 1. The molecule has 0 bridgehead atoms. The number of amides is 2. The fourth-order valence-corrected chi connectivity index (χ4v) is 2.56. The molecule has 2 aromatic rings. The molecule has 0 saturated carbocycles. The predicted octanol–water partition coefficient (Wildman–Crippen LogP) is 3.58. The molecule has 0 unspecified atom stereocenters. The Morgan fingerprint density at radius 2 is 1.60 bits per heavy atom. The largest absolute Gasteiger partial charge is 0.378 e. The van der Waals surface area contributed by atoms with Crippen molar-refractivity contribution < 1.29 is 22.7 Å². The van der Waals surface area contributed by atoms with Gasteiger partial charge in [0.2, 0.25) is 0 Å². The van der Waals surface area contributed by atoms with Crippen molar-refractivity contribution in [2.45, 2.75) is 0 Å².